The van der Waals surface area contributed by atoms with Gasteiger partial charge in [-0.15, -0.1) is 0 Å². The molecule has 0 atom stereocenters. The minimum atomic E-state index is -4.40. The molecule has 1 rings (SSSR count). The quantitative estimate of drug-likeness (QED) is 0.666. The van der Waals surface area contributed by atoms with Crippen molar-refractivity contribution < 1.29 is 18.3 Å². The van der Waals surface area contributed by atoms with Crippen LogP contribution in [0.4, 0.5) is 13.2 Å². The second-order valence-corrected chi connectivity index (χ2v) is 2.93. The minimum Gasteiger partial charge on any atom is -0.508 e. The number of aromatic hydroxyl groups is 1. The fourth-order valence-electron chi connectivity index (χ4n) is 1.13. The monoisotopic (exact) mass is 190 g/mol. The second kappa shape index (κ2) is 2.94. The lowest BCUT2D eigenvalue weighted by Crippen LogP contribution is -2.08. The summed E-state index contributed by atoms with van der Waals surface area (Å²) >= 11 is 0. The van der Waals surface area contributed by atoms with Gasteiger partial charge in [-0.05, 0) is 37.1 Å². The maximum absolute atomic E-state index is 12.3. The molecule has 13 heavy (non-hydrogen) atoms. The number of halogens is 3. The molecule has 0 spiro atoms. The summed E-state index contributed by atoms with van der Waals surface area (Å²) in [6.07, 6.45) is -4.40. The number of hydrogen-bond donors (Lipinski definition) is 1. The predicted octanol–water partition coefficient (Wildman–Crippen LogP) is 3.03. The lowest BCUT2D eigenvalue weighted by Gasteiger charge is -2.12. The molecule has 1 nitrogen and oxygen atoms in total. The van der Waals surface area contributed by atoms with E-state index in [1.807, 2.05) is 0 Å². The van der Waals surface area contributed by atoms with E-state index in [4.69, 9.17) is 5.11 Å². The van der Waals surface area contributed by atoms with Crippen LogP contribution in [0.15, 0.2) is 12.1 Å². The van der Waals surface area contributed by atoms with Gasteiger partial charge in [0.15, 0.2) is 0 Å². The van der Waals surface area contributed by atoms with Gasteiger partial charge in [0, 0.05) is 0 Å². The molecule has 1 N–H and O–H groups in total. The highest BCUT2D eigenvalue weighted by atomic mass is 19.4. The van der Waals surface area contributed by atoms with Gasteiger partial charge in [-0.25, -0.2) is 0 Å². The highest BCUT2D eigenvalue weighted by Gasteiger charge is 2.33. The largest absolute Gasteiger partial charge is 0.508 e. The maximum Gasteiger partial charge on any atom is 0.416 e. The van der Waals surface area contributed by atoms with Crippen LogP contribution < -0.4 is 0 Å². The first-order valence-corrected chi connectivity index (χ1v) is 3.70. The Bertz CT molecular complexity index is 328. The fraction of sp³-hybridized carbons (Fsp3) is 0.333. The van der Waals surface area contributed by atoms with Crippen LogP contribution in [0.1, 0.15) is 16.7 Å². The predicted molar refractivity (Wildman–Crippen MR) is 42.6 cm³/mol. The lowest BCUT2D eigenvalue weighted by molar-refractivity contribution is -0.138. The molecule has 0 saturated heterocycles. The SMILES string of the molecule is Cc1cc(O)cc(C(F)(F)F)c1C. The number of phenols is 1. The van der Waals surface area contributed by atoms with Gasteiger partial charge in [0.1, 0.15) is 5.75 Å². The van der Waals surface area contributed by atoms with E-state index in [2.05, 4.69) is 0 Å². The minimum absolute atomic E-state index is 0.158. The second-order valence-electron chi connectivity index (χ2n) is 2.93. The summed E-state index contributed by atoms with van der Waals surface area (Å²) in [5.41, 5.74) is -0.178. The van der Waals surface area contributed by atoms with Crippen molar-refractivity contribution in [3.8, 4) is 5.75 Å². The first-order valence-electron chi connectivity index (χ1n) is 3.70. The molecule has 0 aromatic heterocycles. The number of benzene rings is 1. The smallest absolute Gasteiger partial charge is 0.416 e. The zero-order valence-corrected chi connectivity index (χ0v) is 7.24. The van der Waals surface area contributed by atoms with Gasteiger partial charge in [0.2, 0.25) is 0 Å². The van der Waals surface area contributed by atoms with Crippen molar-refractivity contribution in [3.05, 3.63) is 28.8 Å². The Kier molecular flexibility index (Phi) is 2.24. The van der Waals surface area contributed by atoms with Gasteiger partial charge in [-0.2, -0.15) is 13.2 Å². The Morgan fingerprint density at radius 3 is 2.15 bits per heavy atom. The number of aryl methyl sites for hydroxylation is 1. The number of alkyl halides is 3. The third kappa shape index (κ3) is 1.94. The van der Waals surface area contributed by atoms with Gasteiger partial charge in [-0.3, -0.25) is 0 Å². The van der Waals surface area contributed by atoms with Crippen molar-refractivity contribution in [2.45, 2.75) is 20.0 Å². The molecular weight excluding hydrogens is 181 g/mol. The van der Waals surface area contributed by atoms with Crippen molar-refractivity contribution in [2.75, 3.05) is 0 Å². The van der Waals surface area contributed by atoms with Crippen molar-refractivity contribution >= 4 is 0 Å². The highest BCUT2D eigenvalue weighted by Crippen LogP contribution is 2.35. The number of phenolic OH excluding ortho intramolecular Hbond substituents is 1. The van der Waals surface area contributed by atoms with Crippen molar-refractivity contribution in [1.29, 1.82) is 0 Å². The molecule has 0 aliphatic heterocycles. The molecule has 1 aromatic rings. The maximum atomic E-state index is 12.3. The Labute approximate surface area is 73.8 Å². The molecule has 0 heterocycles. The van der Waals surface area contributed by atoms with E-state index in [1.165, 1.54) is 19.9 Å². The Morgan fingerprint density at radius 1 is 1.15 bits per heavy atom. The third-order valence-electron chi connectivity index (χ3n) is 1.96. The average molecular weight is 190 g/mol. The van der Waals surface area contributed by atoms with Gasteiger partial charge in [0.25, 0.3) is 0 Å². The van der Waals surface area contributed by atoms with E-state index in [-0.39, 0.29) is 11.3 Å². The van der Waals surface area contributed by atoms with Crippen LogP contribution in [0.5, 0.6) is 5.75 Å². The summed E-state index contributed by atoms with van der Waals surface area (Å²) in [6.45, 7) is 2.92. The fourth-order valence-corrected chi connectivity index (χ4v) is 1.13. The van der Waals surface area contributed by atoms with Crippen molar-refractivity contribution in [1.82, 2.24) is 0 Å². The third-order valence-corrected chi connectivity index (χ3v) is 1.96. The summed E-state index contributed by atoms with van der Waals surface area (Å²) in [5.74, 6) is -0.351. The number of hydrogen-bond acceptors (Lipinski definition) is 1. The van der Waals surface area contributed by atoms with Gasteiger partial charge >= 0.3 is 6.18 Å². The van der Waals surface area contributed by atoms with Crippen LogP contribution in [-0.2, 0) is 6.18 Å². The molecule has 0 unspecified atom stereocenters. The normalized spacial score (nSPS) is 11.8. The van der Waals surface area contributed by atoms with Crippen LogP contribution in [0.25, 0.3) is 0 Å². The summed E-state index contributed by atoms with van der Waals surface area (Å²) < 4.78 is 36.9. The van der Waals surface area contributed by atoms with Gasteiger partial charge in [0.05, 0.1) is 5.56 Å². The van der Waals surface area contributed by atoms with E-state index in [0.29, 0.717) is 5.56 Å². The molecule has 0 aliphatic carbocycles. The van der Waals surface area contributed by atoms with Crippen molar-refractivity contribution in [2.24, 2.45) is 0 Å². The first-order chi connectivity index (χ1) is 5.82. The van der Waals surface area contributed by atoms with Crippen molar-refractivity contribution in [3.63, 3.8) is 0 Å². The molecule has 0 amide bonds. The molecule has 0 radical (unpaired) electrons. The van der Waals surface area contributed by atoms with Gasteiger partial charge in [-0.1, -0.05) is 0 Å². The van der Waals surface area contributed by atoms with Crippen LogP contribution in [0.2, 0.25) is 0 Å². The average Bonchev–Trinajstić information content (AvgIpc) is 1.94. The zero-order valence-electron chi connectivity index (χ0n) is 7.24. The van der Waals surface area contributed by atoms with E-state index in [9.17, 15) is 13.2 Å². The molecule has 1 aromatic carbocycles. The van der Waals surface area contributed by atoms with E-state index in [1.54, 1.807) is 0 Å². The lowest BCUT2D eigenvalue weighted by atomic mass is 10.0. The summed E-state index contributed by atoms with van der Waals surface area (Å²) in [6, 6.07) is 2.05. The van der Waals surface area contributed by atoms with Crippen LogP contribution in [0, 0.1) is 13.8 Å². The number of rotatable bonds is 0. The summed E-state index contributed by atoms with van der Waals surface area (Å²) in [7, 11) is 0. The molecular formula is C9H9F3O. The van der Waals surface area contributed by atoms with E-state index >= 15 is 0 Å². The molecule has 0 fully saturated rings. The summed E-state index contributed by atoms with van der Waals surface area (Å²) in [4.78, 5) is 0. The molecule has 0 bridgehead atoms. The standard InChI is InChI=1S/C9H9F3O/c1-5-3-7(13)4-8(6(5)2)9(10,11)12/h3-4,13H,1-2H3. The van der Waals surface area contributed by atoms with Gasteiger partial charge < -0.3 is 5.11 Å². The first kappa shape index (κ1) is 9.89. The van der Waals surface area contributed by atoms with Crippen LogP contribution in [0.3, 0.4) is 0 Å². The Hall–Kier alpha value is -1.19. The van der Waals surface area contributed by atoms with E-state index < -0.39 is 11.7 Å². The Morgan fingerprint density at radius 2 is 1.69 bits per heavy atom. The molecule has 0 saturated carbocycles. The molecule has 72 valence electrons. The zero-order chi connectivity index (χ0) is 10.2. The van der Waals surface area contributed by atoms with Crippen LogP contribution >= 0.6 is 0 Å². The van der Waals surface area contributed by atoms with Crippen LogP contribution in [-0.4, -0.2) is 5.11 Å². The van der Waals surface area contributed by atoms with E-state index in [0.717, 1.165) is 6.07 Å². The molecule has 0 aliphatic rings. The molecule has 4 heteroatoms. The topological polar surface area (TPSA) is 20.2 Å². The highest BCUT2D eigenvalue weighted by molar-refractivity contribution is 5.41. The summed E-state index contributed by atoms with van der Waals surface area (Å²) in [5, 5.41) is 8.98. The Balaban J connectivity index is 3.37.